The predicted molar refractivity (Wildman–Crippen MR) is 77.5 cm³/mol. The SMILES string of the molecule is CCC1CCCN(C(CN)C2CCSC2)CC1. The lowest BCUT2D eigenvalue weighted by Crippen LogP contribution is -2.46. The van der Waals surface area contributed by atoms with Crippen molar-refractivity contribution in [3.63, 3.8) is 0 Å². The molecule has 2 aliphatic rings. The molecule has 2 fully saturated rings. The third kappa shape index (κ3) is 3.62. The van der Waals surface area contributed by atoms with Crippen LogP contribution in [0.4, 0.5) is 0 Å². The summed E-state index contributed by atoms with van der Waals surface area (Å²) in [5.41, 5.74) is 6.05. The van der Waals surface area contributed by atoms with Gasteiger partial charge in [-0.15, -0.1) is 0 Å². The molecule has 0 bridgehead atoms. The third-order valence-corrected chi connectivity index (χ3v) is 5.87. The average molecular weight is 256 g/mol. The highest BCUT2D eigenvalue weighted by Crippen LogP contribution is 2.30. The van der Waals surface area contributed by atoms with Gasteiger partial charge in [-0.2, -0.15) is 11.8 Å². The summed E-state index contributed by atoms with van der Waals surface area (Å²) in [5, 5.41) is 0. The van der Waals surface area contributed by atoms with Crippen molar-refractivity contribution < 1.29 is 0 Å². The number of nitrogens with zero attached hydrogens (tertiary/aromatic N) is 1. The van der Waals surface area contributed by atoms with E-state index in [1.165, 1.54) is 56.7 Å². The Bertz CT molecular complexity index is 216. The predicted octanol–water partition coefficient (Wildman–Crippen LogP) is 2.58. The summed E-state index contributed by atoms with van der Waals surface area (Å²) >= 11 is 2.12. The van der Waals surface area contributed by atoms with Gasteiger partial charge in [0.15, 0.2) is 0 Å². The number of hydrogen-bond donors (Lipinski definition) is 1. The van der Waals surface area contributed by atoms with E-state index in [4.69, 9.17) is 5.73 Å². The Balaban J connectivity index is 1.89. The summed E-state index contributed by atoms with van der Waals surface area (Å²) in [5.74, 6) is 4.53. The molecule has 0 aromatic rings. The molecule has 100 valence electrons. The standard InChI is InChI=1S/C14H28N2S/c1-2-12-4-3-7-16(8-5-12)14(10-15)13-6-9-17-11-13/h12-14H,2-11,15H2,1H3. The Labute approximate surface area is 111 Å². The van der Waals surface area contributed by atoms with Gasteiger partial charge in [0.05, 0.1) is 0 Å². The number of likely N-dealkylation sites (tertiary alicyclic amines) is 1. The second-order valence-electron chi connectivity index (χ2n) is 5.67. The van der Waals surface area contributed by atoms with Gasteiger partial charge in [0, 0.05) is 12.6 Å². The zero-order valence-corrected chi connectivity index (χ0v) is 12.1. The van der Waals surface area contributed by atoms with E-state index in [2.05, 4.69) is 23.6 Å². The lowest BCUT2D eigenvalue weighted by Gasteiger charge is -2.33. The number of hydrogen-bond acceptors (Lipinski definition) is 3. The molecular formula is C14H28N2S. The van der Waals surface area contributed by atoms with Crippen LogP contribution in [0.2, 0.25) is 0 Å². The maximum absolute atomic E-state index is 6.05. The van der Waals surface area contributed by atoms with E-state index in [1.807, 2.05) is 0 Å². The molecule has 0 aliphatic carbocycles. The maximum Gasteiger partial charge on any atom is 0.0254 e. The average Bonchev–Trinajstić information content (AvgIpc) is 2.76. The molecule has 17 heavy (non-hydrogen) atoms. The van der Waals surface area contributed by atoms with Crippen LogP contribution in [0.3, 0.4) is 0 Å². The van der Waals surface area contributed by atoms with Crippen molar-refractivity contribution in [2.24, 2.45) is 17.6 Å². The quantitative estimate of drug-likeness (QED) is 0.838. The van der Waals surface area contributed by atoms with Crippen molar-refractivity contribution in [2.75, 3.05) is 31.1 Å². The van der Waals surface area contributed by atoms with E-state index in [0.717, 1.165) is 18.4 Å². The molecule has 3 unspecified atom stereocenters. The molecule has 3 atom stereocenters. The van der Waals surface area contributed by atoms with Gasteiger partial charge in [0.2, 0.25) is 0 Å². The minimum absolute atomic E-state index is 0.667. The van der Waals surface area contributed by atoms with Gasteiger partial charge in [-0.1, -0.05) is 13.3 Å². The minimum atomic E-state index is 0.667. The Morgan fingerprint density at radius 3 is 2.82 bits per heavy atom. The zero-order valence-electron chi connectivity index (χ0n) is 11.2. The molecule has 2 nitrogen and oxygen atoms in total. The Morgan fingerprint density at radius 1 is 1.29 bits per heavy atom. The summed E-state index contributed by atoms with van der Waals surface area (Å²) < 4.78 is 0. The Morgan fingerprint density at radius 2 is 2.18 bits per heavy atom. The summed E-state index contributed by atoms with van der Waals surface area (Å²) in [7, 11) is 0. The highest BCUT2D eigenvalue weighted by atomic mass is 32.2. The van der Waals surface area contributed by atoms with E-state index in [9.17, 15) is 0 Å². The smallest absolute Gasteiger partial charge is 0.0254 e. The highest BCUT2D eigenvalue weighted by Gasteiger charge is 2.30. The van der Waals surface area contributed by atoms with Gasteiger partial charge in [-0.05, 0) is 62.1 Å². The van der Waals surface area contributed by atoms with Crippen molar-refractivity contribution in [3.8, 4) is 0 Å². The molecule has 2 rings (SSSR count). The fourth-order valence-electron chi connectivity index (χ4n) is 3.42. The number of nitrogens with two attached hydrogens (primary N) is 1. The van der Waals surface area contributed by atoms with Crippen molar-refractivity contribution in [1.82, 2.24) is 4.90 Å². The van der Waals surface area contributed by atoms with Crippen molar-refractivity contribution in [3.05, 3.63) is 0 Å². The van der Waals surface area contributed by atoms with Gasteiger partial charge in [0.1, 0.15) is 0 Å². The molecule has 0 radical (unpaired) electrons. The van der Waals surface area contributed by atoms with Crippen LogP contribution in [-0.4, -0.2) is 42.1 Å². The second-order valence-corrected chi connectivity index (χ2v) is 6.82. The molecule has 2 saturated heterocycles. The fourth-order valence-corrected chi connectivity index (χ4v) is 4.75. The molecule has 0 spiro atoms. The van der Waals surface area contributed by atoms with E-state index in [0.29, 0.717) is 6.04 Å². The van der Waals surface area contributed by atoms with E-state index in [-0.39, 0.29) is 0 Å². The molecule has 0 aromatic carbocycles. The molecule has 0 aromatic heterocycles. The normalized spacial score (nSPS) is 33.5. The van der Waals surface area contributed by atoms with Crippen LogP contribution in [-0.2, 0) is 0 Å². The zero-order chi connectivity index (χ0) is 12.1. The van der Waals surface area contributed by atoms with E-state index in [1.54, 1.807) is 0 Å². The van der Waals surface area contributed by atoms with Crippen molar-refractivity contribution in [1.29, 1.82) is 0 Å². The summed E-state index contributed by atoms with van der Waals surface area (Å²) in [6.07, 6.45) is 6.96. The third-order valence-electron chi connectivity index (χ3n) is 4.68. The van der Waals surface area contributed by atoms with Gasteiger partial charge in [-0.25, -0.2) is 0 Å². The lowest BCUT2D eigenvalue weighted by atomic mass is 9.97. The molecular weight excluding hydrogens is 228 g/mol. The van der Waals surface area contributed by atoms with Gasteiger partial charge < -0.3 is 5.73 Å². The second kappa shape index (κ2) is 7.01. The molecule has 0 amide bonds. The van der Waals surface area contributed by atoms with Crippen LogP contribution in [0.25, 0.3) is 0 Å². The number of rotatable bonds is 4. The van der Waals surface area contributed by atoms with Crippen LogP contribution in [0, 0.1) is 11.8 Å². The molecule has 3 heteroatoms. The Hall–Kier alpha value is 0.270. The van der Waals surface area contributed by atoms with Crippen LogP contribution in [0.15, 0.2) is 0 Å². The molecule has 2 N–H and O–H groups in total. The van der Waals surface area contributed by atoms with Crippen molar-refractivity contribution >= 4 is 11.8 Å². The van der Waals surface area contributed by atoms with Crippen molar-refractivity contribution in [2.45, 2.75) is 45.1 Å². The summed E-state index contributed by atoms with van der Waals surface area (Å²) in [4.78, 5) is 2.71. The van der Waals surface area contributed by atoms with Crippen LogP contribution >= 0.6 is 11.8 Å². The topological polar surface area (TPSA) is 29.3 Å². The maximum atomic E-state index is 6.05. The first-order chi connectivity index (χ1) is 8.35. The van der Waals surface area contributed by atoms with E-state index < -0.39 is 0 Å². The van der Waals surface area contributed by atoms with Gasteiger partial charge >= 0.3 is 0 Å². The van der Waals surface area contributed by atoms with Crippen LogP contribution < -0.4 is 5.73 Å². The fraction of sp³-hybridized carbons (Fsp3) is 1.00. The lowest BCUT2D eigenvalue weighted by molar-refractivity contribution is 0.158. The molecule has 2 aliphatic heterocycles. The Kier molecular flexibility index (Phi) is 5.64. The van der Waals surface area contributed by atoms with Crippen LogP contribution in [0.1, 0.15) is 39.0 Å². The van der Waals surface area contributed by atoms with Gasteiger partial charge in [-0.3, -0.25) is 4.90 Å². The summed E-state index contributed by atoms with van der Waals surface area (Å²) in [6.45, 7) is 5.79. The first-order valence-electron chi connectivity index (χ1n) is 7.37. The van der Waals surface area contributed by atoms with E-state index >= 15 is 0 Å². The monoisotopic (exact) mass is 256 g/mol. The first kappa shape index (κ1) is 13.7. The highest BCUT2D eigenvalue weighted by molar-refractivity contribution is 7.99. The number of thioether (sulfide) groups is 1. The minimum Gasteiger partial charge on any atom is -0.329 e. The van der Waals surface area contributed by atoms with Gasteiger partial charge in [0.25, 0.3) is 0 Å². The summed E-state index contributed by atoms with van der Waals surface area (Å²) in [6, 6.07) is 0.667. The van der Waals surface area contributed by atoms with Crippen LogP contribution in [0.5, 0.6) is 0 Å². The largest absolute Gasteiger partial charge is 0.329 e. The molecule has 0 saturated carbocycles. The first-order valence-corrected chi connectivity index (χ1v) is 8.52. The molecule has 2 heterocycles.